The lowest BCUT2D eigenvalue weighted by molar-refractivity contribution is -0.152. The summed E-state index contributed by atoms with van der Waals surface area (Å²) in [7, 11) is 2.67. The summed E-state index contributed by atoms with van der Waals surface area (Å²) in [5, 5.41) is 0. The predicted octanol–water partition coefficient (Wildman–Crippen LogP) is 0.434. The van der Waals surface area contributed by atoms with Gasteiger partial charge in [0.2, 0.25) is 0 Å². The van der Waals surface area contributed by atoms with E-state index in [0.717, 1.165) is 25.9 Å². The molecule has 1 aliphatic rings. The maximum Gasteiger partial charge on any atom is 0.310 e. The lowest BCUT2D eigenvalue weighted by Crippen LogP contribution is -2.33. The van der Waals surface area contributed by atoms with Crippen LogP contribution in [0.3, 0.4) is 0 Å². The van der Waals surface area contributed by atoms with Crippen LogP contribution in [-0.4, -0.2) is 50.7 Å². The van der Waals surface area contributed by atoms with Gasteiger partial charge in [0.05, 0.1) is 26.6 Å². The highest BCUT2D eigenvalue weighted by molar-refractivity contribution is 5.80. The number of rotatable bonds is 5. The predicted molar refractivity (Wildman–Crippen MR) is 57.8 cm³/mol. The van der Waals surface area contributed by atoms with Crippen molar-refractivity contribution in [3.63, 3.8) is 0 Å². The average Bonchev–Trinajstić information content (AvgIpc) is 2.79. The van der Waals surface area contributed by atoms with Crippen molar-refractivity contribution in [1.82, 2.24) is 4.90 Å². The molecule has 1 heterocycles. The third kappa shape index (κ3) is 3.81. The molecule has 0 aromatic heterocycles. The van der Waals surface area contributed by atoms with E-state index in [-0.39, 0.29) is 18.4 Å². The second-order valence-electron chi connectivity index (χ2n) is 4.01. The van der Waals surface area contributed by atoms with Crippen LogP contribution in [0, 0.1) is 5.92 Å². The molecule has 0 bridgehead atoms. The monoisotopic (exact) mass is 229 g/mol. The number of nitrogens with zero attached hydrogens (tertiary/aromatic N) is 1. The van der Waals surface area contributed by atoms with Crippen LogP contribution in [0.5, 0.6) is 0 Å². The van der Waals surface area contributed by atoms with E-state index in [1.165, 1.54) is 14.2 Å². The molecule has 0 aromatic carbocycles. The minimum absolute atomic E-state index is 0.0969. The number of hydrogen-bond donors (Lipinski definition) is 0. The molecule has 5 nitrogen and oxygen atoms in total. The second kappa shape index (κ2) is 6.48. The summed E-state index contributed by atoms with van der Waals surface area (Å²) in [6.45, 7) is 2.57. The van der Waals surface area contributed by atoms with Gasteiger partial charge in [-0.15, -0.1) is 0 Å². The Bertz CT molecular complexity index is 248. The van der Waals surface area contributed by atoms with E-state index < -0.39 is 5.92 Å². The standard InChI is InChI=1S/C11H19NO4/c1-15-10(13)7-9(11(14)16-2)8-12-5-3-4-6-12/h9H,3-8H2,1-2H3. The Hall–Kier alpha value is -1.10. The Morgan fingerprint density at radius 3 is 2.31 bits per heavy atom. The van der Waals surface area contributed by atoms with Crippen LogP contribution >= 0.6 is 0 Å². The van der Waals surface area contributed by atoms with Crippen LogP contribution in [0.15, 0.2) is 0 Å². The Balaban J connectivity index is 2.48. The Morgan fingerprint density at radius 2 is 1.81 bits per heavy atom. The van der Waals surface area contributed by atoms with E-state index in [1.807, 2.05) is 0 Å². The summed E-state index contributed by atoms with van der Waals surface area (Å²) in [6.07, 6.45) is 2.41. The highest BCUT2D eigenvalue weighted by Gasteiger charge is 2.26. The molecule has 0 spiro atoms. The van der Waals surface area contributed by atoms with E-state index in [0.29, 0.717) is 6.54 Å². The summed E-state index contributed by atoms with van der Waals surface area (Å²) in [4.78, 5) is 24.8. The van der Waals surface area contributed by atoms with Crippen molar-refractivity contribution in [3.8, 4) is 0 Å². The Morgan fingerprint density at radius 1 is 1.19 bits per heavy atom. The zero-order valence-corrected chi connectivity index (χ0v) is 9.90. The molecule has 1 saturated heterocycles. The SMILES string of the molecule is COC(=O)CC(CN1CCCC1)C(=O)OC. The van der Waals surface area contributed by atoms with Gasteiger partial charge in [-0.25, -0.2) is 0 Å². The lowest BCUT2D eigenvalue weighted by Gasteiger charge is -2.20. The zero-order chi connectivity index (χ0) is 12.0. The molecular weight excluding hydrogens is 210 g/mol. The normalized spacial score (nSPS) is 18.1. The minimum Gasteiger partial charge on any atom is -0.469 e. The van der Waals surface area contributed by atoms with Crippen LogP contribution < -0.4 is 0 Å². The zero-order valence-electron chi connectivity index (χ0n) is 9.90. The molecule has 92 valence electrons. The lowest BCUT2D eigenvalue weighted by atomic mass is 10.1. The first-order valence-corrected chi connectivity index (χ1v) is 5.54. The van der Waals surface area contributed by atoms with Gasteiger partial charge in [-0.05, 0) is 25.9 Å². The van der Waals surface area contributed by atoms with Crippen molar-refractivity contribution in [2.24, 2.45) is 5.92 Å². The molecule has 1 unspecified atom stereocenters. The molecule has 1 atom stereocenters. The minimum atomic E-state index is -0.407. The Labute approximate surface area is 95.7 Å². The van der Waals surface area contributed by atoms with E-state index in [4.69, 9.17) is 4.74 Å². The van der Waals surface area contributed by atoms with Gasteiger partial charge in [-0.2, -0.15) is 0 Å². The molecule has 0 amide bonds. The summed E-state index contributed by atoms with van der Waals surface area (Å²) in [6, 6.07) is 0. The summed E-state index contributed by atoms with van der Waals surface area (Å²) in [5.74, 6) is -1.11. The number of methoxy groups -OCH3 is 2. The van der Waals surface area contributed by atoms with Crippen LogP contribution in [0.1, 0.15) is 19.3 Å². The van der Waals surface area contributed by atoms with Crippen LogP contribution in [0.2, 0.25) is 0 Å². The van der Waals surface area contributed by atoms with E-state index >= 15 is 0 Å². The third-order valence-electron chi connectivity index (χ3n) is 2.85. The number of esters is 2. The van der Waals surface area contributed by atoms with Crippen molar-refractivity contribution < 1.29 is 19.1 Å². The highest BCUT2D eigenvalue weighted by atomic mass is 16.5. The van der Waals surface area contributed by atoms with Crippen LogP contribution in [0.4, 0.5) is 0 Å². The van der Waals surface area contributed by atoms with E-state index in [2.05, 4.69) is 9.64 Å². The maximum atomic E-state index is 11.5. The first kappa shape index (κ1) is 13.0. The highest BCUT2D eigenvalue weighted by Crippen LogP contribution is 2.14. The number of carbonyl (C=O) groups excluding carboxylic acids is 2. The molecule has 0 radical (unpaired) electrons. The molecule has 16 heavy (non-hydrogen) atoms. The average molecular weight is 229 g/mol. The molecule has 1 aliphatic heterocycles. The van der Waals surface area contributed by atoms with Crippen molar-refractivity contribution in [1.29, 1.82) is 0 Å². The maximum absolute atomic E-state index is 11.5. The first-order valence-electron chi connectivity index (χ1n) is 5.54. The van der Waals surface area contributed by atoms with Crippen LogP contribution in [0.25, 0.3) is 0 Å². The fraction of sp³-hybridized carbons (Fsp3) is 0.818. The van der Waals surface area contributed by atoms with Crippen molar-refractivity contribution in [3.05, 3.63) is 0 Å². The smallest absolute Gasteiger partial charge is 0.310 e. The van der Waals surface area contributed by atoms with Gasteiger partial charge in [0.25, 0.3) is 0 Å². The van der Waals surface area contributed by atoms with Gasteiger partial charge in [0.1, 0.15) is 0 Å². The summed E-state index contributed by atoms with van der Waals surface area (Å²) in [5.41, 5.74) is 0. The molecule has 0 aromatic rings. The molecule has 1 fully saturated rings. The number of ether oxygens (including phenoxy) is 2. The topological polar surface area (TPSA) is 55.8 Å². The largest absolute Gasteiger partial charge is 0.469 e. The molecule has 0 aliphatic carbocycles. The fourth-order valence-electron chi connectivity index (χ4n) is 1.95. The number of carbonyl (C=O) groups is 2. The van der Waals surface area contributed by atoms with Gasteiger partial charge >= 0.3 is 11.9 Å². The van der Waals surface area contributed by atoms with Crippen LogP contribution in [-0.2, 0) is 19.1 Å². The first-order chi connectivity index (χ1) is 7.67. The van der Waals surface area contributed by atoms with Gasteiger partial charge < -0.3 is 14.4 Å². The van der Waals surface area contributed by atoms with Gasteiger partial charge in [-0.3, -0.25) is 9.59 Å². The number of likely N-dealkylation sites (tertiary alicyclic amines) is 1. The number of hydrogen-bond acceptors (Lipinski definition) is 5. The third-order valence-corrected chi connectivity index (χ3v) is 2.85. The summed E-state index contributed by atoms with van der Waals surface area (Å²) < 4.78 is 9.27. The van der Waals surface area contributed by atoms with E-state index in [9.17, 15) is 9.59 Å². The van der Waals surface area contributed by atoms with Crippen molar-refractivity contribution in [2.75, 3.05) is 33.9 Å². The Kier molecular flexibility index (Phi) is 5.25. The molecule has 1 rings (SSSR count). The fourth-order valence-corrected chi connectivity index (χ4v) is 1.95. The van der Waals surface area contributed by atoms with Crippen molar-refractivity contribution >= 4 is 11.9 Å². The molecule has 0 N–H and O–H groups in total. The quantitative estimate of drug-likeness (QED) is 0.640. The second-order valence-corrected chi connectivity index (χ2v) is 4.01. The molecule has 5 heteroatoms. The summed E-state index contributed by atoms with van der Waals surface area (Å²) >= 11 is 0. The molecule has 0 saturated carbocycles. The van der Waals surface area contributed by atoms with Gasteiger partial charge in [0.15, 0.2) is 0 Å². The van der Waals surface area contributed by atoms with Gasteiger partial charge in [-0.1, -0.05) is 0 Å². The van der Waals surface area contributed by atoms with Gasteiger partial charge in [0, 0.05) is 6.54 Å². The van der Waals surface area contributed by atoms with E-state index in [1.54, 1.807) is 0 Å². The molecular formula is C11H19NO4. The van der Waals surface area contributed by atoms with Crippen molar-refractivity contribution in [2.45, 2.75) is 19.3 Å².